The lowest BCUT2D eigenvalue weighted by Gasteiger charge is -2.35. The van der Waals surface area contributed by atoms with Gasteiger partial charge in [-0.3, -0.25) is 9.59 Å². The molecule has 0 radical (unpaired) electrons. The van der Waals surface area contributed by atoms with Crippen molar-refractivity contribution in [1.82, 2.24) is 5.32 Å². The third-order valence-corrected chi connectivity index (χ3v) is 5.15. The predicted molar refractivity (Wildman–Crippen MR) is 99.7 cm³/mol. The van der Waals surface area contributed by atoms with Crippen LogP contribution in [0.4, 0.5) is 0 Å². The highest BCUT2D eigenvalue weighted by Crippen LogP contribution is 2.36. The number of benzene rings is 1. The summed E-state index contributed by atoms with van der Waals surface area (Å²) in [4.78, 5) is 24.8. The van der Waals surface area contributed by atoms with E-state index in [2.05, 4.69) is 5.32 Å². The number of hydrogen-bond donors (Lipinski definition) is 2. The summed E-state index contributed by atoms with van der Waals surface area (Å²) >= 11 is 0. The van der Waals surface area contributed by atoms with Gasteiger partial charge in [0.05, 0.1) is 17.5 Å². The molecule has 1 amide bonds. The van der Waals surface area contributed by atoms with Gasteiger partial charge in [0.15, 0.2) is 0 Å². The van der Waals surface area contributed by atoms with E-state index in [0.29, 0.717) is 0 Å². The first-order valence-electron chi connectivity index (χ1n) is 8.88. The first-order chi connectivity index (χ1) is 11.6. The summed E-state index contributed by atoms with van der Waals surface area (Å²) < 4.78 is 5.63. The Bertz CT molecular complexity index is 560. The lowest BCUT2D eigenvalue weighted by atomic mass is 9.70. The molecule has 25 heavy (non-hydrogen) atoms. The fourth-order valence-corrected chi connectivity index (χ4v) is 2.66. The maximum absolute atomic E-state index is 12.7. The molecule has 0 spiro atoms. The fourth-order valence-electron chi connectivity index (χ4n) is 2.66. The topological polar surface area (TPSA) is 81.4 Å². The van der Waals surface area contributed by atoms with Crippen molar-refractivity contribution < 1.29 is 14.3 Å². The summed E-state index contributed by atoms with van der Waals surface area (Å²) in [7, 11) is 0. The molecule has 0 saturated carbocycles. The van der Waals surface area contributed by atoms with Gasteiger partial charge in [0, 0.05) is 0 Å². The smallest absolute Gasteiger partial charge is 0.312 e. The standard InChI is InChI=1S/C20H32N2O3/c1-13(2)20(6,14(3)4)19(24)25-12-17(22-18(23)15(5)21)16-10-8-7-9-11-16/h7-11,13-15,17H,12,21H2,1-6H3,(H,22,23)/t15-,17+/m0/s1. The average molecular weight is 348 g/mol. The Kier molecular flexibility index (Phi) is 7.61. The van der Waals surface area contributed by atoms with Crippen LogP contribution < -0.4 is 11.1 Å². The number of esters is 1. The van der Waals surface area contributed by atoms with Gasteiger partial charge in [0.25, 0.3) is 0 Å². The fraction of sp³-hybridized carbons (Fsp3) is 0.600. The number of carbonyl (C=O) groups excluding carboxylic acids is 2. The van der Waals surface area contributed by atoms with Crippen LogP contribution in [0.25, 0.3) is 0 Å². The summed E-state index contributed by atoms with van der Waals surface area (Å²) in [5, 5.41) is 2.86. The third kappa shape index (κ3) is 5.30. The molecule has 5 heteroatoms. The van der Waals surface area contributed by atoms with Gasteiger partial charge in [-0.15, -0.1) is 0 Å². The van der Waals surface area contributed by atoms with Gasteiger partial charge in [0.1, 0.15) is 6.61 Å². The molecule has 0 aliphatic carbocycles. The van der Waals surface area contributed by atoms with Gasteiger partial charge in [-0.1, -0.05) is 58.0 Å². The van der Waals surface area contributed by atoms with Crippen molar-refractivity contribution in [3.63, 3.8) is 0 Å². The Morgan fingerprint density at radius 2 is 1.60 bits per heavy atom. The van der Waals surface area contributed by atoms with E-state index >= 15 is 0 Å². The Labute approximate surface area is 151 Å². The molecule has 0 saturated heterocycles. The van der Waals surface area contributed by atoms with Gasteiger partial charge in [-0.25, -0.2) is 0 Å². The van der Waals surface area contributed by atoms with Crippen molar-refractivity contribution in [3.8, 4) is 0 Å². The van der Waals surface area contributed by atoms with Gasteiger partial charge < -0.3 is 15.8 Å². The second-order valence-electron chi connectivity index (χ2n) is 7.45. The summed E-state index contributed by atoms with van der Waals surface area (Å²) in [6, 6.07) is 8.40. The zero-order valence-electron chi connectivity index (χ0n) is 16.2. The largest absolute Gasteiger partial charge is 0.463 e. The molecule has 0 fully saturated rings. The van der Waals surface area contributed by atoms with E-state index in [0.717, 1.165) is 5.56 Å². The van der Waals surface area contributed by atoms with E-state index in [1.807, 2.05) is 65.0 Å². The zero-order chi connectivity index (χ0) is 19.2. The number of nitrogens with one attached hydrogen (secondary N) is 1. The lowest BCUT2D eigenvalue weighted by molar-refractivity contribution is -0.162. The lowest BCUT2D eigenvalue weighted by Crippen LogP contribution is -2.44. The number of nitrogens with two attached hydrogens (primary N) is 1. The first kappa shape index (κ1) is 21.2. The molecular formula is C20H32N2O3. The van der Waals surface area contributed by atoms with Crippen molar-refractivity contribution in [2.45, 2.75) is 53.6 Å². The molecule has 3 N–H and O–H groups in total. The molecule has 1 aromatic carbocycles. The van der Waals surface area contributed by atoms with Gasteiger partial charge in [-0.05, 0) is 31.2 Å². The molecule has 140 valence electrons. The summed E-state index contributed by atoms with van der Waals surface area (Å²) in [6.07, 6.45) is 0. The van der Waals surface area contributed by atoms with Crippen molar-refractivity contribution in [2.75, 3.05) is 6.61 Å². The average Bonchev–Trinajstić information content (AvgIpc) is 2.57. The second-order valence-corrected chi connectivity index (χ2v) is 7.45. The molecule has 0 unspecified atom stereocenters. The monoisotopic (exact) mass is 348 g/mol. The van der Waals surface area contributed by atoms with E-state index in [-0.39, 0.29) is 30.3 Å². The van der Waals surface area contributed by atoms with Crippen molar-refractivity contribution in [3.05, 3.63) is 35.9 Å². The molecule has 2 atom stereocenters. The van der Waals surface area contributed by atoms with Gasteiger partial charge in [0.2, 0.25) is 5.91 Å². The van der Waals surface area contributed by atoms with Crippen LogP contribution in [0.5, 0.6) is 0 Å². The third-order valence-electron chi connectivity index (χ3n) is 5.15. The summed E-state index contributed by atoms with van der Waals surface area (Å²) in [6.45, 7) is 11.7. The van der Waals surface area contributed by atoms with Crippen LogP contribution >= 0.6 is 0 Å². The van der Waals surface area contributed by atoms with Gasteiger partial charge >= 0.3 is 5.97 Å². The van der Waals surface area contributed by atoms with Crippen LogP contribution in [0.2, 0.25) is 0 Å². The van der Waals surface area contributed by atoms with E-state index in [4.69, 9.17) is 10.5 Å². The molecule has 0 aliphatic rings. The molecule has 5 nitrogen and oxygen atoms in total. The van der Waals surface area contributed by atoms with Crippen LogP contribution in [0.3, 0.4) is 0 Å². The molecule has 0 aromatic heterocycles. The highest BCUT2D eigenvalue weighted by atomic mass is 16.5. The van der Waals surface area contributed by atoms with E-state index < -0.39 is 17.5 Å². The minimum Gasteiger partial charge on any atom is -0.463 e. The van der Waals surface area contributed by atoms with Gasteiger partial charge in [-0.2, -0.15) is 0 Å². The molecular weight excluding hydrogens is 316 g/mol. The minimum atomic E-state index is -0.626. The number of amides is 1. The van der Waals surface area contributed by atoms with Crippen molar-refractivity contribution in [2.24, 2.45) is 23.0 Å². The van der Waals surface area contributed by atoms with Crippen LogP contribution in [-0.2, 0) is 14.3 Å². The normalized spacial score (nSPS) is 14.3. The summed E-state index contributed by atoms with van der Waals surface area (Å²) in [5.41, 5.74) is 5.95. The molecule has 0 heterocycles. The quantitative estimate of drug-likeness (QED) is 0.708. The number of rotatable bonds is 8. The predicted octanol–water partition coefficient (Wildman–Crippen LogP) is 3.05. The maximum atomic E-state index is 12.7. The summed E-state index contributed by atoms with van der Waals surface area (Å²) in [5.74, 6) is -0.225. The Balaban J connectivity index is 2.92. The first-order valence-corrected chi connectivity index (χ1v) is 8.88. The maximum Gasteiger partial charge on any atom is 0.312 e. The SMILES string of the molecule is CC(C)C(C)(C(=O)OC[C@@H](NC(=O)[C@H](C)N)c1ccccc1)C(C)C. The Morgan fingerprint density at radius 1 is 1.08 bits per heavy atom. The van der Waals surface area contributed by atoms with Crippen LogP contribution in [-0.4, -0.2) is 24.5 Å². The van der Waals surface area contributed by atoms with Crippen LogP contribution in [0.15, 0.2) is 30.3 Å². The van der Waals surface area contributed by atoms with E-state index in [9.17, 15) is 9.59 Å². The van der Waals surface area contributed by atoms with Crippen LogP contribution in [0.1, 0.15) is 53.1 Å². The van der Waals surface area contributed by atoms with Crippen molar-refractivity contribution >= 4 is 11.9 Å². The zero-order valence-corrected chi connectivity index (χ0v) is 16.2. The Hall–Kier alpha value is -1.88. The highest BCUT2D eigenvalue weighted by molar-refractivity contribution is 5.81. The molecule has 1 rings (SSSR count). The van der Waals surface area contributed by atoms with Crippen LogP contribution in [0, 0.1) is 17.3 Å². The minimum absolute atomic E-state index is 0.0797. The Morgan fingerprint density at radius 3 is 2.04 bits per heavy atom. The molecule has 0 bridgehead atoms. The van der Waals surface area contributed by atoms with E-state index in [1.165, 1.54) is 0 Å². The van der Waals surface area contributed by atoms with E-state index in [1.54, 1.807) is 6.92 Å². The number of ether oxygens (including phenoxy) is 1. The number of hydrogen-bond acceptors (Lipinski definition) is 4. The molecule has 0 aliphatic heterocycles. The molecule has 1 aromatic rings. The second kappa shape index (κ2) is 8.99. The van der Waals surface area contributed by atoms with Crippen molar-refractivity contribution in [1.29, 1.82) is 0 Å². The number of carbonyl (C=O) groups is 2. The highest BCUT2D eigenvalue weighted by Gasteiger charge is 2.41.